The molecule has 0 fully saturated rings. The van der Waals surface area contributed by atoms with E-state index in [0.717, 1.165) is 5.01 Å². The number of esters is 2. The lowest BCUT2D eigenvalue weighted by Crippen LogP contribution is -2.27. The van der Waals surface area contributed by atoms with Crippen LogP contribution >= 0.6 is 11.3 Å². The van der Waals surface area contributed by atoms with Crippen LogP contribution in [0.2, 0.25) is 0 Å². The Morgan fingerprint density at radius 1 is 1.32 bits per heavy atom. The summed E-state index contributed by atoms with van der Waals surface area (Å²) in [7, 11) is 0. The fourth-order valence-electron chi connectivity index (χ4n) is 1.62. The molecular formula is C15H23NO5S. The highest BCUT2D eigenvalue weighted by Gasteiger charge is 2.18. The average molecular weight is 329 g/mol. The monoisotopic (exact) mass is 329 g/mol. The van der Waals surface area contributed by atoms with Gasteiger partial charge in [0.25, 0.3) is 0 Å². The summed E-state index contributed by atoms with van der Waals surface area (Å²) in [6, 6.07) is 0. The van der Waals surface area contributed by atoms with E-state index in [1.165, 1.54) is 11.3 Å². The van der Waals surface area contributed by atoms with Crippen molar-refractivity contribution in [3.8, 4) is 0 Å². The van der Waals surface area contributed by atoms with Crippen LogP contribution in [-0.4, -0.2) is 35.7 Å². The van der Waals surface area contributed by atoms with Crippen molar-refractivity contribution in [2.75, 3.05) is 13.2 Å². The molecule has 0 saturated carbocycles. The highest BCUT2D eigenvalue weighted by atomic mass is 32.1. The van der Waals surface area contributed by atoms with Gasteiger partial charge >= 0.3 is 11.9 Å². The van der Waals surface area contributed by atoms with Crippen LogP contribution in [0.5, 0.6) is 0 Å². The van der Waals surface area contributed by atoms with Crippen LogP contribution in [0.15, 0.2) is 5.38 Å². The summed E-state index contributed by atoms with van der Waals surface area (Å²) < 4.78 is 15.4. The van der Waals surface area contributed by atoms with Gasteiger partial charge in [0.05, 0.1) is 12.1 Å². The van der Waals surface area contributed by atoms with E-state index in [4.69, 9.17) is 14.2 Å². The topological polar surface area (TPSA) is 74.7 Å². The highest BCUT2D eigenvalue weighted by molar-refractivity contribution is 7.09. The molecule has 7 heteroatoms. The van der Waals surface area contributed by atoms with Crippen LogP contribution in [0.3, 0.4) is 0 Å². The number of hydrogen-bond donors (Lipinski definition) is 0. The zero-order valence-corrected chi connectivity index (χ0v) is 14.5. The highest BCUT2D eigenvalue weighted by Crippen LogP contribution is 2.21. The minimum absolute atomic E-state index is 0.0259. The van der Waals surface area contributed by atoms with Gasteiger partial charge in [-0.2, -0.15) is 0 Å². The van der Waals surface area contributed by atoms with Gasteiger partial charge in [0.15, 0.2) is 6.61 Å². The third-order valence-corrected chi connectivity index (χ3v) is 3.49. The number of thiazole rings is 1. The first kappa shape index (κ1) is 18.6. The zero-order valence-electron chi connectivity index (χ0n) is 13.7. The molecule has 124 valence electrons. The molecule has 0 unspecified atom stereocenters. The van der Waals surface area contributed by atoms with Crippen molar-refractivity contribution in [1.29, 1.82) is 0 Å². The molecule has 1 aromatic heterocycles. The second-order valence-electron chi connectivity index (χ2n) is 5.70. The maximum atomic E-state index is 11.7. The smallest absolute Gasteiger partial charge is 0.344 e. The van der Waals surface area contributed by atoms with Crippen LogP contribution in [-0.2, 0) is 30.2 Å². The SMILES string of the molecule is CCO[C@H](C)c1nc(CC(=O)OCC(=O)OC(C)(C)C)cs1. The van der Waals surface area contributed by atoms with Gasteiger partial charge in [0.2, 0.25) is 0 Å². The Kier molecular flexibility index (Phi) is 6.96. The molecule has 0 aliphatic rings. The molecule has 0 aromatic carbocycles. The quantitative estimate of drug-likeness (QED) is 0.716. The average Bonchev–Trinajstić information content (AvgIpc) is 2.83. The van der Waals surface area contributed by atoms with Crippen LogP contribution < -0.4 is 0 Å². The Morgan fingerprint density at radius 2 is 2.00 bits per heavy atom. The molecule has 6 nitrogen and oxygen atoms in total. The summed E-state index contributed by atoms with van der Waals surface area (Å²) in [6.07, 6.45) is -0.0699. The van der Waals surface area contributed by atoms with E-state index < -0.39 is 17.5 Å². The Bertz CT molecular complexity index is 506. The van der Waals surface area contributed by atoms with Crippen molar-refractivity contribution < 1.29 is 23.8 Å². The van der Waals surface area contributed by atoms with Crippen LogP contribution in [0.1, 0.15) is 51.4 Å². The fraction of sp³-hybridized carbons (Fsp3) is 0.667. The lowest BCUT2D eigenvalue weighted by atomic mass is 10.2. The van der Waals surface area contributed by atoms with Crippen LogP contribution in [0.4, 0.5) is 0 Å². The summed E-state index contributed by atoms with van der Waals surface area (Å²) in [5, 5.41) is 2.61. The second kappa shape index (κ2) is 8.24. The van der Waals surface area contributed by atoms with Crippen LogP contribution in [0, 0.1) is 0 Å². The first-order valence-corrected chi connectivity index (χ1v) is 8.02. The molecule has 0 spiro atoms. The van der Waals surface area contributed by atoms with Crippen molar-refractivity contribution in [2.45, 2.75) is 52.7 Å². The third kappa shape index (κ3) is 7.00. The summed E-state index contributed by atoms with van der Waals surface area (Å²) >= 11 is 1.44. The Morgan fingerprint density at radius 3 is 2.59 bits per heavy atom. The molecule has 0 aliphatic carbocycles. The molecule has 0 bridgehead atoms. The Hall–Kier alpha value is -1.47. The molecular weight excluding hydrogens is 306 g/mol. The van der Waals surface area contributed by atoms with Gasteiger partial charge in [-0.1, -0.05) is 0 Å². The number of carbonyl (C=O) groups excluding carboxylic acids is 2. The molecule has 0 saturated heterocycles. The Balaban J connectivity index is 2.41. The van der Waals surface area contributed by atoms with E-state index in [-0.39, 0.29) is 19.1 Å². The maximum Gasteiger partial charge on any atom is 0.344 e. The van der Waals surface area contributed by atoms with Gasteiger partial charge in [-0.15, -0.1) is 11.3 Å². The minimum Gasteiger partial charge on any atom is -0.457 e. The van der Waals surface area contributed by atoms with Gasteiger partial charge in [-0.25, -0.2) is 9.78 Å². The largest absolute Gasteiger partial charge is 0.457 e. The normalized spacial score (nSPS) is 12.8. The number of rotatable bonds is 7. The lowest BCUT2D eigenvalue weighted by molar-refractivity contribution is -0.166. The molecule has 22 heavy (non-hydrogen) atoms. The number of ether oxygens (including phenoxy) is 3. The summed E-state index contributed by atoms with van der Waals surface area (Å²) in [4.78, 5) is 27.5. The van der Waals surface area contributed by atoms with Crippen molar-refractivity contribution in [3.05, 3.63) is 16.1 Å². The van der Waals surface area contributed by atoms with E-state index in [1.54, 1.807) is 26.2 Å². The van der Waals surface area contributed by atoms with Crippen molar-refractivity contribution >= 4 is 23.3 Å². The van der Waals surface area contributed by atoms with E-state index in [1.807, 2.05) is 13.8 Å². The fourth-order valence-corrected chi connectivity index (χ4v) is 2.44. The van der Waals surface area contributed by atoms with Crippen molar-refractivity contribution in [1.82, 2.24) is 4.98 Å². The molecule has 1 aromatic rings. The molecule has 1 atom stereocenters. The second-order valence-corrected chi connectivity index (χ2v) is 6.59. The third-order valence-electron chi connectivity index (χ3n) is 2.43. The van der Waals surface area contributed by atoms with E-state index >= 15 is 0 Å². The van der Waals surface area contributed by atoms with Crippen molar-refractivity contribution in [2.24, 2.45) is 0 Å². The molecule has 1 heterocycles. The van der Waals surface area contributed by atoms with Crippen LogP contribution in [0.25, 0.3) is 0 Å². The first-order valence-electron chi connectivity index (χ1n) is 7.14. The predicted molar refractivity (Wildman–Crippen MR) is 82.7 cm³/mol. The van der Waals surface area contributed by atoms with Gasteiger partial charge in [0.1, 0.15) is 16.7 Å². The minimum atomic E-state index is -0.595. The van der Waals surface area contributed by atoms with Gasteiger partial charge < -0.3 is 14.2 Å². The zero-order chi connectivity index (χ0) is 16.8. The van der Waals surface area contributed by atoms with E-state index in [2.05, 4.69) is 4.98 Å². The van der Waals surface area contributed by atoms with Crippen molar-refractivity contribution in [3.63, 3.8) is 0 Å². The van der Waals surface area contributed by atoms with Gasteiger partial charge in [-0.05, 0) is 34.6 Å². The standard InChI is InChI=1S/C15H23NO5S/c1-6-19-10(2)14-16-11(9-22-14)7-12(17)20-8-13(18)21-15(3,4)5/h9-10H,6-8H2,1-5H3/t10-/m1/s1. The maximum absolute atomic E-state index is 11.7. The number of hydrogen-bond acceptors (Lipinski definition) is 7. The predicted octanol–water partition coefficient (Wildman–Crippen LogP) is 2.67. The molecule has 0 aliphatic heterocycles. The number of nitrogens with zero attached hydrogens (tertiary/aromatic N) is 1. The number of carbonyl (C=O) groups is 2. The lowest BCUT2D eigenvalue weighted by Gasteiger charge is -2.19. The first-order chi connectivity index (χ1) is 10.2. The summed E-state index contributed by atoms with van der Waals surface area (Å²) in [5.41, 5.74) is 0.0173. The van der Waals surface area contributed by atoms with E-state index in [0.29, 0.717) is 12.3 Å². The van der Waals surface area contributed by atoms with Gasteiger partial charge in [-0.3, -0.25) is 4.79 Å². The molecule has 1 rings (SSSR count). The van der Waals surface area contributed by atoms with Gasteiger partial charge in [0, 0.05) is 12.0 Å². The summed E-state index contributed by atoms with van der Waals surface area (Å²) in [5.74, 6) is -1.07. The summed E-state index contributed by atoms with van der Waals surface area (Å²) in [6.45, 7) is 9.30. The molecule has 0 amide bonds. The molecule has 0 N–H and O–H groups in total. The number of aromatic nitrogens is 1. The Labute approximate surface area is 134 Å². The van der Waals surface area contributed by atoms with E-state index in [9.17, 15) is 9.59 Å². The molecule has 0 radical (unpaired) electrons.